The van der Waals surface area contributed by atoms with Gasteiger partial charge >= 0.3 is 0 Å². The summed E-state index contributed by atoms with van der Waals surface area (Å²) in [5.74, 6) is 2.79. The summed E-state index contributed by atoms with van der Waals surface area (Å²) in [4.78, 5) is 0. The molecule has 4 heteroatoms. The molecule has 2 atom stereocenters. The Labute approximate surface area is 114 Å². The van der Waals surface area contributed by atoms with Crippen molar-refractivity contribution in [2.45, 2.75) is 25.9 Å². The summed E-state index contributed by atoms with van der Waals surface area (Å²) in [5.41, 5.74) is 1.16. The Bertz CT molecular complexity index is 371. The average molecular weight is 269 g/mol. The second kappa shape index (κ2) is 7.54. The molecule has 102 valence electrons. The summed E-state index contributed by atoms with van der Waals surface area (Å²) in [6.07, 6.45) is 2.12. The van der Waals surface area contributed by atoms with Crippen molar-refractivity contribution in [2.24, 2.45) is 0 Å². The van der Waals surface area contributed by atoms with Crippen LogP contribution in [0.1, 0.15) is 25.5 Å². The molecule has 0 amide bonds. The Morgan fingerprint density at radius 2 is 1.94 bits per heavy atom. The first-order valence-electron chi connectivity index (χ1n) is 6.09. The number of hydrogen-bond acceptors (Lipinski definition) is 4. The van der Waals surface area contributed by atoms with Gasteiger partial charge in [-0.25, -0.2) is 0 Å². The van der Waals surface area contributed by atoms with Crippen LogP contribution in [0.4, 0.5) is 0 Å². The maximum Gasteiger partial charge on any atom is 0.127 e. The van der Waals surface area contributed by atoms with Crippen LogP contribution in [0, 0.1) is 0 Å². The van der Waals surface area contributed by atoms with E-state index in [1.165, 1.54) is 0 Å². The van der Waals surface area contributed by atoms with Crippen molar-refractivity contribution in [3.63, 3.8) is 0 Å². The summed E-state index contributed by atoms with van der Waals surface area (Å²) < 4.78 is 10.6. The van der Waals surface area contributed by atoms with Gasteiger partial charge in [-0.1, -0.05) is 6.07 Å². The minimum atomic E-state index is 0.257. The number of benzene rings is 1. The largest absolute Gasteiger partial charge is 0.497 e. The number of nitrogens with one attached hydrogen (secondary N) is 1. The molecule has 1 N–H and O–H groups in total. The molecule has 1 rings (SSSR count). The zero-order valence-corrected chi connectivity index (χ0v) is 12.6. The van der Waals surface area contributed by atoms with E-state index in [4.69, 9.17) is 9.47 Å². The Morgan fingerprint density at radius 3 is 2.50 bits per heavy atom. The lowest BCUT2D eigenvalue weighted by Gasteiger charge is -2.21. The van der Waals surface area contributed by atoms with Gasteiger partial charge in [0, 0.05) is 29.5 Å². The number of ether oxygens (including phenoxy) is 2. The van der Waals surface area contributed by atoms with Crippen molar-refractivity contribution in [1.82, 2.24) is 5.32 Å². The Morgan fingerprint density at radius 1 is 1.22 bits per heavy atom. The van der Waals surface area contributed by atoms with Gasteiger partial charge in [-0.3, -0.25) is 0 Å². The molecule has 0 unspecified atom stereocenters. The van der Waals surface area contributed by atoms with E-state index < -0.39 is 0 Å². The highest BCUT2D eigenvalue weighted by Crippen LogP contribution is 2.29. The molecule has 1 aromatic rings. The molecule has 0 saturated carbocycles. The van der Waals surface area contributed by atoms with Crippen LogP contribution in [0.15, 0.2) is 18.2 Å². The molecule has 0 fully saturated rings. The van der Waals surface area contributed by atoms with Crippen LogP contribution in [-0.4, -0.2) is 32.3 Å². The van der Waals surface area contributed by atoms with Crippen LogP contribution in [0.3, 0.4) is 0 Å². The lowest BCUT2D eigenvalue weighted by molar-refractivity contribution is 0.384. The van der Waals surface area contributed by atoms with Crippen LogP contribution in [0.25, 0.3) is 0 Å². The second-order valence-corrected chi connectivity index (χ2v) is 5.26. The van der Waals surface area contributed by atoms with Crippen molar-refractivity contribution >= 4 is 11.8 Å². The van der Waals surface area contributed by atoms with E-state index in [0.29, 0.717) is 6.04 Å². The minimum Gasteiger partial charge on any atom is -0.497 e. The quantitative estimate of drug-likeness (QED) is 0.824. The molecule has 0 aliphatic carbocycles. The molecule has 0 aromatic heterocycles. The molecule has 1 aromatic carbocycles. The molecule has 3 nitrogen and oxygen atoms in total. The first-order chi connectivity index (χ1) is 8.62. The predicted octanol–water partition coefficient (Wildman–Crippen LogP) is 3.11. The summed E-state index contributed by atoms with van der Waals surface area (Å²) >= 11 is 1.85. The third-order valence-electron chi connectivity index (χ3n) is 2.86. The van der Waals surface area contributed by atoms with Crippen LogP contribution in [0.5, 0.6) is 11.5 Å². The van der Waals surface area contributed by atoms with Crippen LogP contribution in [0.2, 0.25) is 0 Å². The lowest BCUT2D eigenvalue weighted by Crippen LogP contribution is -2.31. The Hall–Kier alpha value is -0.870. The van der Waals surface area contributed by atoms with Crippen LogP contribution < -0.4 is 14.8 Å². The summed E-state index contributed by atoms with van der Waals surface area (Å²) in [6.45, 7) is 4.35. The molecule has 18 heavy (non-hydrogen) atoms. The topological polar surface area (TPSA) is 30.5 Å². The van der Waals surface area contributed by atoms with Gasteiger partial charge in [-0.15, -0.1) is 0 Å². The van der Waals surface area contributed by atoms with Crippen molar-refractivity contribution in [1.29, 1.82) is 0 Å². The molecule has 0 radical (unpaired) electrons. The first kappa shape index (κ1) is 15.2. The fraction of sp³-hybridized carbons (Fsp3) is 0.571. The SMILES string of the molecule is COc1ccc([C@@H](C)N[C@H](C)CSC)c(OC)c1. The van der Waals surface area contributed by atoms with Gasteiger partial charge in [0.15, 0.2) is 0 Å². The van der Waals surface area contributed by atoms with E-state index in [0.717, 1.165) is 22.8 Å². The minimum absolute atomic E-state index is 0.257. The second-order valence-electron chi connectivity index (χ2n) is 4.35. The number of thioether (sulfide) groups is 1. The normalized spacial score (nSPS) is 14.1. The van der Waals surface area contributed by atoms with Crippen molar-refractivity contribution in [3.8, 4) is 11.5 Å². The van der Waals surface area contributed by atoms with E-state index in [9.17, 15) is 0 Å². The van der Waals surface area contributed by atoms with Gasteiger partial charge in [0.1, 0.15) is 11.5 Å². The fourth-order valence-electron chi connectivity index (χ4n) is 1.99. The third kappa shape index (κ3) is 4.10. The zero-order valence-electron chi connectivity index (χ0n) is 11.8. The van der Waals surface area contributed by atoms with Crippen LogP contribution >= 0.6 is 11.8 Å². The Balaban J connectivity index is 2.81. The van der Waals surface area contributed by atoms with Crippen molar-refractivity contribution in [2.75, 3.05) is 26.2 Å². The van der Waals surface area contributed by atoms with Gasteiger partial charge in [-0.2, -0.15) is 11.8 Å². The summed E-state index contributed by atoms with van der Waals surface area (Å²) in [7, 11) is 3.35. The smallest absolute Gasteiger partial charge is 0.127 e. The van der Waals surface area contributed by atoms with E-state index in [1.807, 2.05) is 23.9 Å². The predicted molar refractivity (Wildman–Crippen MR) is 78.9 cm³/mol. The zero-order chi connectivity index (χ0) is 13.5. The maximum atomic E-state index is 5.43. The molecule has 0 bridgehead atoms. The van der Waals surface area contributed by atoms with E-state index >= 15 is 0 Å². The van der Waals surface area contributed by atoms with E-state index in [2.05, 4.69) is 31.5 Å². The van der Waals surface area contributed by atoms with Crippen molar-refractivity contribution in [3.05, 3.63) is 23.8 Å². The molecule has 0 spiro atoms. The molecule has 0 heterocycles. The number of hydrogen-bond donors (Lipinski definition) is 1. The first-order valence-corrected chi connectivity index (χ1v) is 7.48. The van der Waals surface area contributed by atoms with Gasteiger partial charge < -0.3 is 14.8 Å². The average Bonchev–Trinajstić information content (AvgIpc) is 2.38. The lowest BCUT2D eigenvalue weighted by atomic mass is 10.1. The molecular formula is C14H23NO2S. The highest BCUT2D eigenvalue weighted by molar-refractivity contribution is 7.98. The van der Waals surface area contributed by atoms with Gasteiger partial charge in [0.05, 0.1) is 14.2 Å². The number of rotatable bonds is 7. The number of methoxy groups -OCH3 is 2. The maximum absolute atomic E-state index is 5.43. The molecule has 0 aliphatic heterocycles. The highest BCUT2D eigenvalue weighted by atomic mass is 32.2. The van der Waals surface area contributed by atoms with Crippen LogP contribution in [-0.2, 0) is 0 Å². The van der Waals surface area contributed by atoms with Gasteiger partial charge in [0.2, 0.25) is 0 Å². The summed E-state index contributed by atoms with van der Waals surface area (Å²) in [6, 6.07) is 6.68. The third-order valence-corrected chi connectivity index (χ3v) is 3.69. The molecule has 0 saturated heterocycles. The molecule has 0 aliphatic rings. The highest BCUT2D eigenvalue weighted by Gasteiger charge is 2.14. The van der Waals surface area contributed by atoms with E-state index in [1.54, 1.807) is 14.2 Å². The van der Waals surface area contributed by atoms with E-state index in [-0.39, 0.29) is 6.04 Å². The summed E-state index contributed by atoms with van der Waals surface area (Å²) in [5, 5.41) is 3.57. The van der Waals surface area contributed by atoms with Gasteiger partial charge in [-0.05, 0) is 26.2 Å². The monoisotopic (exact) mass is 269 g/mol. The Kier molecular flexibility index (Phi) is 6.36. The standard InChI is InChI=1S/C14H23NO2S/c1-10(9-18-5)15-11(2)13-7-6-12(16-3)8-14(13)17-4/h6-8,10-11,15H,9H2,1-5H3/t10-,11-/m1/s1. The fourth-order valence-corrected chi connectivity index (χ4v) is 2.59. The van der Waals surface area contributed by atoms with Crippen molar-refractivity contribution < 1.29 is 9.47 Å². The molecular weight excluding hydrogens is 246 g/mol. The van der Waals surface area contributed by atoms with Gasteiger partial charge in [0.25, 0.3) is 0 Å².